The Balaban J connectivity index is 1.60. The number of fused-ring (bicyclic) bond motifs is 3. The van der Waals surface area contributed by atoms with Crippen molar-refractivity contribution in [3.05, 3.63) is 41.5 Å². The van der Waals surface area contributed by atoms with Crippen LogP contribution in [0.2, 0.25) is 0 Å². The molecule has 25 heavy (non-hydrogen) atoms. The van der Waals surface area contributed by atoms with Crippen LogP contribution in [-0.4, -0.2) is 18.9 Å². The van der Waals surface area contributed by atoms with E-state index in [9.17, 15) is 4.55 Å². The third kappa shape index (κ3) is 3.18. The normalized spacial score (nSPS) is 18.9. The van der Waals surface area contributed by atoms with E-state index < -0.39 is 11.4 Å². The predicted molar refractivity (Wildman–Crippen MR) is 99.3 cm³/mol. The zero-order chi connectivity index (χ0) is 17.8. The van der Waals surface area contributed by atoms with E-state index in [1.54, 1.807) is 0 Å². The zero-order valence-electron chi connectivity index (χ0n) is 15.2. The highest BCUT2D eigenvalue weighted by molar-refractivity contribution is 7.90. The molecule has 0 spiro atoms. The van der Waals surface area contributed by atoms with Crippen LogP contribution in [0.15, 0.2) is 24.5 Å². The first kappa shape index (κ1) is 16.9. The molecule has 1 unspecified atom stereocenters. The average Bonchev–Trinajstić information content (AvgIpc) is 3.31. The lowest BCUT2D eigenvalue weighted by Crippen LogP contribution is -2.40. The van der Waals surface area contributed by atoms with Crippen molar-refractivity contribution in [2.24, 2.45) is 0 Å². The van der Waals surface area contributed by atoms with E-state index in [0.717, 1.165) is 22.8 Å². The maximum Gasteiger partial charge on any atom is 0.144 e. The third-order valence-corrected chi connectivity index (χ3v) is 6.49. The fraction of sp³-hybridized carbons (Fsp3) is 0.526. The summed E-state index contributed by atoms with van der Waals surface area (Å²) in [5.74, 6) is 1.64. The molecule has 1 aromatic heterocycles. The second kappa shape index (κ2) is 6.04. The molecule has 1 aromatic carbocycles. The van der Waals surface area contributed by atoms with Crippen LogP contribution in [-0.2, 0) is 18.0 Å². The van der Waals surface area contributed by atoms with Crippen molar-refractivity contribution in [1.29, 1.82) is 0 Å². The molecule has 4 rings (SSSR count). The van der Waals surface area contributed by atoms with Crippen LogP contribution in [0.3, 0.4) is 0 Å². The number of imidazole rings is 1. The van der Waals surface area contributed by atoms with Gasteiger partial charge < -0.3 is 9.29 Å². The Kier molecular flexibility index (Phi) is 4.09. The average molecular weight is 359 g/mol. The Labute approximate surface area is 152 Å². The standard InChI is InChI=1S/C19H25N3O2S/c1-12(21-25(23)19(2,3)4)18-16-10-24-17-9-14(13-5-6-13)7-8-15(17)22(16)11-20-18/h7-9,11-13,21H,5-6,10H2,1-4H3/t12-,25?/m0/s1. The number of aromatic nitrogens is 2. The first-order chi connectivity index (χ1) is 11.8. The summed E-state index contributed by atoms with van der Waals surface area (Å²) in [7, 11) is 0. The van der Waals surface area contributed by atoms with Gasteiger partial charge in [-0.3, -0.25) is 4.57 Å². The van der Waals surface area contributed by atoms with Gasteiger partial charge in [0.1, 0.15) is 23.4 Å². The summed E-state index contributed by atoms with van der Waals surface area (Å²) in [5, 5.41) is 0. The Morgan fingerprint density at radius 2 is 2.12 bits per heavy atom. The molecule has 0 saturated heterocycles. The van der Waals surface area contributed by atoms with Crippen molar-refractivity contribution in [3.8, 4) is 11.4 Å². The number of hydrogen-bond donors (Lipinski definition) is 1. The summed E-state index contributed by atoms with van der Waals surface area (Å²) in [6.07, 6.45) is 4.42. The molecule has 5 nitrogen and oxygen atoms in total. The topological polar surface area (TPSA) is 62.1 Å². The smallest absolute Gasteiger partial charge is 0.144 e. The lowest BCUT2D eigenvalue weighted by Gasteiger charge is -2.27. The van der Waals surface area contributed by atoms with Gasteiger partial charge in [-0.05, 0) is 64.2 Å². The quantitative estimate of drug-likeness (QED) is 0.845. The Morgan fingerprint density at radius 3 is 2.80 bits per heavy atom. The first-order valence-corrected chi connectivity index (χ1v) is 10.0. The number of rotatable bonds is 4. The van der Waals surface area contributed by atoms with Crippen molar-refractivity contribution in [2.75, 3.05) is 0 Å². The van der Waals surface area contributed by atoms with E-state index in [-0.39, 0.29) is 10.8 Å². The molecule has 0 amide bonds. The van der Waals surface area contributed by atoms with Gasteiger partial charge in [0.15, 0.2) is 0 Å². The molecule has 1 aliphatic carbocycles. The van der Waals surface area contributed by atoms with Crippen LogP contribution < -0.4 is 9.46 Å². The van der Waals surface area contributed by atoms with Crippen molar-refractivity contribution >= 4 is 11.4 Å². The summed E-state index contributed by atoms with van der Waals surface area (Å²) >= 11 is -1.14. The molecule has 0 radical (unpaired) electrons. The minimum Gasteiger partial charge on any atom is -0.598 e. The molecular formula is C19H25N3O2S. The summed E-state index contributed by atoms with van der Waals surface area (Å²) < 4.78 is 23.4. The Bertz CT molecular complexity index is 792. The van der Waals surface area contributed by atoms with Crippen molar-refractivity contribution in [2.45, 2.75) is 63.9 Å². The molecule has 2 atom stereocenters. The monoisotopic (exact) mass is 359 g/mol. The number of ether oxygens (including phenoxy) is 1. The largest absolute Gasteiger partial charge is 0.598 e. The second-order valence-corrected chi connectivity index (χ2v) is 9.96. The molecule has 2 aromatic rings. The van der Waals surface area contributed by atoms with E-state index in [0.29, 0.717) is 12.5 Å². The van der Waals surface area contributed by atoms with Gasteiger partial charge in [0.25, 0.3) is 0 Å². The minimum absolute atomic E-state index is 0.104. The lowest BCUT2D eigenvalue weighted by molar-refractivity contribution is 0.282. The highest BCUT2D eigenvalue weighted by Crippen LogP contribution is 2.43. The third-order valence-electron chi connectivity index (χ3n) is 4.81. The zero-order valence-corrected chi connectivity index (χ0v) is 16.0. The van der Waals surface area contributed by atoms with Gasteiger partial charge in [0.2, 0.25) is 0 Å². The highest BCUT2D eigenvalue weighted by Gasteiger charge is 2.32. The number of nitrogens with one attached hydrogen (secondary N) is 1. The van der Waals surface area contributed by atoms with Gasteiger partial charge >= 0.3 is 0 Å². The van der Waals surface area contributed by atoms with Gasteiger partial charge in [-0.2, -0.15) is 0 Å². The van der Waals surface area contributed by atoms with Crippen molar-refractivity contribution < 1.29 is 9.29 Å². The van der Waals surface area contributed by atoms with Gasteiger partial charge in [0.05, 0.1) is 23.1 Å². The molecule has 1 saturated carbocycles. The molecule has 2 heterocycles. The van der Waals surface area contributed by atoms with E-state index in [2.05, 4.69) is 32.5 Å². The maximum absolute atomic E-state index is 12.4. The molecule has 134 valence electrons. The van der Waals surface area contributed by atoms with Crippen molar-refractivity contribution in [1.82, 2.24) is 14.3 Å². The SMILES string of the molecule is C[C@H](N[S+]([O-])C(C)(C)C)c1ncn2c1COc1cc(C3CC3)ccc1-2. The summed E-state index contributed by atoms with van der Waals surface area (Å²) in [6.45, 7) is 8.37. The summed E-state index contributed by atoms with van der Waals surface area (Å²) in [5.41, 5.74) is 4.33. The summed E-state index contributed by atoms with van der Waals surface area (Å²) in [6, 6.07) is 6.39. The molecular weight excluding hydrogens is 334 g/mol. The molecule has 2 aliphatic rings. The molecule has 1 fully saturated rings. The van der Waals surface area contributed by atoms with Crippen LogP contribution >= 0.6 is 0 Å². The number of nitrogens with zero attached hydrogens (tertiary/aromatic N) is 2. The van der Waals surface area contributed by atoms with E-state index >= 15 is 0 Å². The fourth-order valence-electron chi connectivity index (χ4n) is 3.16. The maximum atomic E-state index is 12.4. The van der Waals surface area contributed by atoms with Crippen LogP contribution in [0.25, 0.3) is 5.69 Å². The van der Waals surface area contributed by atoms with Crippen LogP contribution in [0, 0.1) is 0 Å². The molecule has 0 bridgehead atoms. The number of hydrogen-bond acceptors (Lipinski definition) is 4. The van der Waals surface area contributed by atoms with Crippen LogP contribution in [0.1, 0.15) is 69.4 Å². The molecule has 6 heteroatoms. The first-order valence-electron chi connectivity index (χ1n) is 8.86. The van der Waals surface area contributed by atoms with Gasteiger partial charge in [-0.15, -0.1) is 4.72 Å². The lowest BCUT2D eigenvalue weighted by atomic mass is 10.1. The van der Waals surface area contributed by atoms with E-state index in [1.807, 2.05) is 34.0 Å². The van der Waals surface area contributed by atoms with Gasteiger partial charge in [0, 0.05) is 11.4 Å². The van der Waals surface area contributed by atoms with Crippen molar-refractivity contribution in [3.63, 3.8) is 0 Å². The van der Waals surface area contributed by atoms with Gasteiger partial charge in [-0.1, -0.05) is 6.07 Å². The highest BCUT2D eigenvalue weighted by atomic mass is 32.2. The van der Waals surface area contributed by atoms with Crippen LogP contribution in [0.5, 0.6) is 5.75 Å². The van der Waals surface area contributed by atoms with E-state index in [1.165, 1.54) is 18.4 Å². The predicted octanol–water partition coefficient (Wildman–Crippen LogP) is 3.75. The van der Waals surface area contributed by atoms with E-state index in [4.69, 9.17) is 4.74 Å². The minimum atomic E-state index is -1.14. The Morgan fingerprint density at radius 1 is 1.36 bits per heavy atom. The molecule has 1 N–H and O–H groups in total. The second-order valence-electron chi connectivity index (χ2n) is 7.96. The number of benzene rings is 1. The van der Waals surface area contributed by atoms with Crippen LogP contribution in [0.4, 0.5) is 0 Å². The molecule has 1 aliphatic heterocycles. The summed E-state index contributed by atoms with van der Waals surface area (Å²) in [4.78, 5) is 4.59. The van der Waals surface area contributed by atoms with Gasteiger partial charge in [-0.25, -0.2) is 4.98 Å². The Hall–Kier alpha value is -1.50. The fourth-order valence-corrected chi connectivity index (χ4v) is 3.94.